The van der Waals surface area contributed by atoms with Gasteiger partial charge in [0.15, 0.2) is 5.82 Å². The topological polar surface area (TPSA) is 41.8 Å². The van der Waals surface area contributed by atoms with Crippen LogP contribution in [0, 0.1) is 4.84 Å². The molecule has 0 saturated heterocycles. The summed E-state index contributed by atoms with van der Waals surface area (Å²) in [6.45, 7) is 0. The minimum atomic E-state index is 0.233. The number of H-pyrrole nitrogens is 1. The molecular formula is C9H7ClN2OS2. The van der Waals surface area contributed by atoms with Gasteiger partial charge in [0.2, 0.25) is 0 Å². The van der Waals surface area contributed by atoms with Crippen LogP contribution in [0.5, 0.6) is 0 Å². The highest BCUT2D eigenvalue weighted by Crippen LogP contribution is 2.23. The van der Waals surface area contributed by atoms with E-state index in [2.05, 4.69) is 10.1 Å². The van der Waals surface area contributed by atoms with E-state index in [1.807, 2.05) is 24.3 Å². The fraction of sp³-hybridized carbons (Fsp3) is 0.111. The number of nitrogens with zero attached hydrogens (tertiary/aromatic N) is 1. The second-order valence-electron chi connectivity index (χ2n) is 2.77. The summed E-state index contributed by atoms with van der Waals surface area (Å²) in [4.78, 5) is 5.31. The highest BCUT2D eigenvalue weighted by molar-refractivity contribution is 7.98. The third kappa shape index (κ3) is 3.09. The highest BCUT2D eigenvalue weighted by Gasteiger charge is 2.00. The average Bonchev–Trinajstić information content (AvgIpc) is 2.62. The largest absolute Gasteiger partial charge is 0.348 e. The molecule has 0 bridgehead atoms. The van der Waals surface area contributed by atoms with Crippen molar-refractivity contribution < 1.29 is 4.52 Å². The Labute approximate surface area is 101 Å². The number of halogens is 1. The van der Waals surface area contributed by atoms with Crippen LogP contribution >= 0.6 is 35.6 Å². The number of thioether (sulfide) groups is 1. The van der Waals surface area contributed by atoms with E-state index in [0.29, 0.717) is 5.75 Å². The average molecular weight is 259 g/mol. The van der Waals surface area contributed by atoms with Crippen molar-refractivity contribution in [1.29, 1.82) is 0 Å². The van der Waals surface area contributed by atoms with Crippen LogP contribution in [0.15, 0.2) is 33.7 Å². The van der Waals surface area contributed by atoms with Gasteiger partial charge in [-0.25, -0.2) is 5.16 Å². The van der Waals surface area contributed by atoms with E-state index in [-0.39, 0.29) is 4.84 Å². The van der Waals surface area contributed by atoms with Crippen molar-refractivity contribution in [2.45, 2.75) is 10.6 Å². The molecule has 3 nitrogen and oxygen atoms in total. The predicted octanol–water partition coefficient (Wildman–Crippen LogP) is 3.68. The Balaban J connectivity index is 2.02. The van der Waals surface area contributed by atoms with Crippen LogP contribution in [0.2, 0.25) is 5.02 Å². The summed E-state index contributed by atoms with van der Waals surface area (Å²) < 4.78 is 4.82. The summed E-state index contributed by atoms with van der Waals surface area (Å²) in [6, 6.07) is 7.65. The number of hydrogen-bond acceptors (Lipinski definition) is 4. The molecule has 0 amide bonds. The van der Waals surface area contributed by atoms with Crippen molar-refractivity contribution in [3.8, 4) is 0 Å². The lowest BCUT2D eigenvalue weighted by atomic mass is 10.4. The van der Waals surface area contributed by atoms with Crippen LogP contribution in [0.3, 0.4) is 0 Å². The van der Waals surface area contributed by atoms with Crippen molar-refractivity contribution in [1.82, 2.24) is 10.1 Å². The molecule has 1 heterocycles. The minimum absolute atomic E-state index is 0.233. The lowest BCUT2D eigenvalue weighted by Gasteiger charge is -1.98. The fourth-order valence-corrected chi connectivity index (χ4v) is 2.25. The van der Waals surface area contributed by atoms with Crippen LogP contribution in [0.1, 0.15) is 5.82 Å². The standard InChI is InChI=1S/C9H7ClN2OS2/c10-6-2-1-3-7(4-6)15-5-8-11-9(14)13-12-8/h1-4H,5H2,(H,11,12,14). The van der Waals surface area contributed by atoms with E-state index < -0.39 is 0 Å². The smallest absolute Gasteiger partial charge is 0.314 e. The van der Waals surface area contributed by atoms with Gasteiger partial charge in [-0.1, -0.05) is 17.7 Å². The summed E-state index contributed by atoms with van der Waals surface area (Å²) in [5, 5.41) is 3.38. The van der Waals surface area contributed by atoms with Crippen LogP contribution in [-0.2, 0) is 5.75 Å². The van der Waals surface area contributed by atoms with Crippen LogP contribution in [0.25, 0.3) is 0 Å². The van der Waals surface area contributed by atoms with E-state index in [0.717, 1.165) is 15.7 Å². The van der Waals surface area contributed by atoms with Gasteiger partial charge in [-0.05, 0) is 30.4 Å². The summed E-state index contributed by atoms with van der Waals surface area (Å²) in [5.41, 5.74) is 0. The van der Waals surface area contributed by atoms with Crippen molar-refractivity contribution in [2.24, 2.45) is 0 Å². The van der Waals surface area contributed by atoms with E-state index in [1.165, 1.54) is 0 Å². The zero-order chi connectivity index (χ0) is 10.7. The van der Waals surface area contributed by atoms with E-state index in [9.17, 15) is 0 Å². The van der Waals surface area contributed by atoms with E-state index in [4.69, 9.17) is 28.3 Å². The van der Waals surface area contributed by atoms with Crippen molar-refractivity contribution >= 4 is 35.6 Å². The molecule has 1 N–H and O–H groups in total. The molecule has 2 aromatic rings. The first-order chi connectivity index (χ1) is 7.24. The number of benzene rings is 1. The summed E-state index contributed by atoms with van der Waals surface area (Å²) in [6.07, 6.45) is 0. The molecule has 0 aliphatic rings. The molecule has 0 aliphatic carbocycles. The van der Waals surface area contributed by atoms with Gasteiger partial charge in [0.1, 0.15) is 0 Å². The van der Waals surface area contributed by atoms with Crippen molar-refractivity contribution in [3.05, 3.63) is 39.9 Å². The predicted molar refractivity (Wildman–Crippen MR) is 62.7 cm³/mol. The van der Waals surface area contributed by atoms with Gasteiger partial charge in [-0.15, -0.1) is 11.8 Å². The number of nitrogens with one attached hydrogen (secondary N) is 1. The molecule has 0 fully saturated rings. The molecule has 0 saturated carbocycles. The Morgan fingerprint density at radius 1 is 1.53 bits per heavy atom. The van der Waals surface area contributed by atoms with Crippen LogP contribution in [0.4, 0.5) is 0 Å². The molecule has 15 heavy (non-hydrogen) atoms. The van der Waals surface area contributed by atoms with Gasteiger partial charge in [-0.2, -0.15) is 4.98 Å². The molecule has 2 rings (SSSR count). The first kappa shape index (κ1) is 10.7. The van der Waals surface area contributed by atoms with Crippen LogP contribution < -0.4 is 0 Å². The maximum atomic E-state index is 5.86. The first-order valence-corrected chi connectivity index (χ1v) is 5.94. The number of rotatable bonds is 3. The van der Waals surface area contributed by atoms with Gasteiger partial charge in [-0.3, -0.25) is 0 Å². The fourth-order valence-electron chi connectivity index (χ4n) is 1.03. The molecule has 0 spiro atoms. The summed E-state index contributed by atoms with van der Waals surface area (Å²) >= 11 is 12.2. The quantitative estimate of drug-likeness (QED) is 0.674. The van der Waals surface area contributed by atoms with Crippen LogP contribution in [-0.4, -0.2) is 10.1 Å². The molecule has 1 aromatic carbocycles. The van der Waals surface area contributed by atoms with Gasteiger partial charge in [0.25, 0.3) is 0 Å². The maximum Gasteiger partial charge on any atom is 0.314 e. The molecule has 6 heteroatoms. The van der Waals surface area contributed by atoms with Gasteiger partial charge in [0, 0.05) is 9.92 Å². The zero-order valence-corrected chi connectivity index (χ0v) is 9.96. The SMILES string of the molecule is S=c1nc(CSc2cccc(Cl)c2)[nH]o1. The Bertz CT molecular complexity index is 509. The third-order valence-corrected chi connectivity index (χ3v) is 3.07. The van der Waals surface area contributed by atoms with Crippen molar-refractivity contribution in [2.75, 3.05) is 0 Å². The molecule has 0 aliphatic heterocycles. The molecule has 0 radical (unpaired) electrons. The first-order valence-electron chi connectivity index (χ1n) is 4.17. The third-order valence-electron chi connectivity index (χ3n) is 1.65. The molecule has 1 aromatic heterocycles. The maximum absolute atomic E-state index is 5.86. The highest BCUT2D eigenvalue weighted by atomic mass is 35.5. The second kappa shape index (κ2) is 4.83. The summed E-state index contributed by atoms with van der Waals surface area (Å²) in [7, 11) is 0. The monoisotopic (exact) mass is 258 g/mol. The Hall–Kier alpha value is -0.780. The molecule has 0 unspecified atom stereocenters. The van der Waals surface area contributed by atoms with Crippen molar-refractivity contribution in [3.63, 3.8) is 0 Å². The second-order valence-corrected chi connectivity index (χ2v) is 4.61. The number of aromatic nitrogens is 2. The molecule has 0 atom stereocenters. The van der Waals surface area contributed by atoms with Gasteiger partial charge < -0.3 is 4.52 Å². The lowest BCUT2D eigenvalue weighted by molar-refractivity contribution is 0.400. The normalized spacial score (nSPS) is 10.5. The van der Waals surface area contributed by atoms with Gasteiger partial charge >= 0.3 is 4.84 Å². The number of aromatic amines is 1. The van der Waals surface area contributed by atoms with E-state index >= 15 is 0 Å². The van der Waals surface area contributed by atoms with E-state index in [1.54, 1.807) is 11.8 Å². The van der Waals surface area contributed by atoms with Gasteiger partial charge in [0.05, 0.1) is 5.75 Å². The minimum Gasteiger partial charge on any atom is -0.348 e. The molecule has 78 valence electrons. The Morgan fingerprint density at radius 3 is 3.07 bits per heavy atom. The zero-order valence-electron chi connectivity index (χ0n) is 7.57. The Kier molecular flexibility index (Phi) is 3.45. The number of hydrogen-bond donors (Lipinski definition) is 1. The molecular weight excluding hydrogens is 252 g/mol. The lowest BCUT2D eigenvalue weighted by Crippen LogP contribution is -1.82. The summed E-state index contributed by atoms with van der Waals surface area (Å²) in [5.74, 6) is 1.41. The Morgan fingerprint density at radius 2 is 2.40 bits per heavy atom.